The quantitative estimate of drug-likeness (QED) is 0.397. The van der Waals surface area contributed by atoms with E-state index >= 15 is 0 Å². The highest BCUT2D eigenvalue weighted by Gasteiger charge is 2.33. The Labute approximate surface area is 215 Å². The van der Waals surface area contributed by atoms with Gasteiger partial charge >= 0.3 is 5.97 Å². The molecule has 1 heterocycles. The van der Waals surface area contributed by atoms with Crippen molar-refractivity contribution in [3.63, 3.8) is 0 Å². The van der Waals surface area contributed by atoms with Gasteiger partial charge in [0.25, 0.3) is 5.91 Å². The summed E-state index contributed by atoms with van der Waals surface area (Å²) in [5.41, 5.74) is 3.02. The SMILES string of the molecule is CC1(Cc2ccccc2Cl)CCc2cc(C(=O)N(CCc3ccc(Cl)cc3)CC(=O)O)ccc2O1. The summed E-state index contributed by atoms with van der Waals surface area (Å²) in [6, 6.07) is 20.4. The second-order valence-electron chi connectivity index (χ2n) is 9.14. The molecule has 0 aromatic heterocycles. The average Bonchev–Trinajstić information content (AvgIpc) is 2.83. The zero-order valence-electron chi connectivity index (χ0n) is 19.5. The number of hydrogen-bond donors (Lipinski definition) is 1. The molecule has 0 radical (unpaired) electrons. The topological polar surface area (TPSA) is 66.8 Å². The van der Waals surface area contributed by atoms with Crippen molar-refractivity contribution >= 4 is 35.1 Å². The Morgan fingerprint density at radius 1 is 1.06 bits per heavy atom. The standard InChI is InChI=1S/C28H27Cl2NO4/c1-28(17-22-4-2-3-5-24(22)30)14-12-20-16-21(8-11-25(20)35-28)27(34)31(18-26(32)33)15-13-19-6-9-23(29)10-7-19/h2-11,16H,12-15,17-18H2,1H3,(H,32,33). The summed E-state index contributed by atoms with van der Waals surface area (Å²) in [6.45, 7) is 2.00. The molecule has 0 saturated heterocycles. The number of hydrogen-bond acceptors (Lipinski definition) is 3. The minimum absolute atomic E-state index is 0.288. The van der Waals surface area contributed by atoms with E-state index in [2.05, 4.69) is 6.92 Å². The largest absolute Gasteiger partial charge is 0.487 e. The summed E-state index contributed by atoms with van der Waals surface area (Å²) in [5, 5.41) is 10.7. The second kappa shape index (κ2) is 10.7. The van der Waals surface area contributed by atoms with E-state index in [-0.39, 0.29) is 19.0 Å². The molecule has 1 aliphatic heterocycles. The van der Waals surface area contributed by atoms with Crippen LogP contribution in [0.2, 0.25) is 10.0 Å². The molecule has 3 aromatic carbocycles. The monoisotopic (exact) mass is 511 g/mol. The first-order valence-corrected chi connectivity index (χ1v) is 12.3. The Bertz CT molecular complexity index is 1230. The number of nitrogens with zero attached hydrogens (tertiary/aromatic N) is 1. The molecule has 4 rings (SSSR count). The van der Waals surface area contributed by atoms with Crippen LogP contribution in [0.3, 0.4) is 0 Å². The number of carbonyl (C=O) groups is 2. The number of rotatable bonds is 8. The smallest absolute Gasteiger partial charge is 0.323 e. The number of carboxylic acids is 1. The fraction of sp³-hybridized carbons (Fsp3) is 0.286. The van der Waals surface area contributed by atoms with Gasteiger partial charge in [0.1, 0.15) is 17.9 Å². The highest BCUT2D eigenvalue weighted by Crippen LogP contribution is 2.37. The van der Waals surface area contributed by atoms with Crippen LogP contribution in [0.5, 0.6) is 5.75 Å². The zero-order valence-corrected chi connectivity index (χ0v) is 21.0. The highest BCUT2D eigenvalue weighted by molar-refractivity contribution is 6.31. The maximum atomic E-state index is 13.2. The van der Waals surface area contributed by atoms with Gasteiger partial charge in [0.15, 0.2) is 0 Å². The summed E-state index contributed by atoms with van der Waals surface area (Å²) < 4.78 is 6.36. The van der Waals surface area contributed by atoms with Crippen LogP contribution in [0.15, 0.2) is 66.7 Å². The molecule has 7 heteroatoms. The molecule has 0 fully saturated rings. The normalized spacial score (nSPS) is 16.8. The zero-order chi connectivity index (χ0) is 25.0. The number of fused-ring (bicyclic) bond motifs is 1. The fourth-order valence-corrected chi connectivity index (χ4v) is 4.73. The molecule has 3 aromatic rings. The van der Waals surface area contributed by atoms with E-state index in [0.29, 0.717) is 23.4 Å². The van der Waals surface area contributed by atoms with Crippen molar-refractivity contribution in [3.8, 4) is 5.75 Å². The van der Waals surface area contributed by atoms with Gasteiger partial charge in [0, 0.05) is 28.6 Å². The van der Waals surface area contributed by atoms with Crippen LogP contribution < -0.4 is 4.74 Å². The third-order valence-corrected chi connectivity index (χ3v) is 6.93. The molecular weight excluding hydrogens is 485 g/mol. The minimum Gasteiger partial charge on any atom is -0.487 e. The van der Waals surface area contributed by atoms with Crippen molar-refractivity contribution in [2.24, 2.45) is 0 Å². The van der Waals surface area contributed by atoms with E-state index in [1.54, 1.807) is 18.2 Å². The lowest BCUT2D eigenvalue weighted by Crippen LogP contribution is -2.39. The first-order chi connectivity index (χ1) is 16.7. The maximum Gasteiger partial charge on any atom is 0.323 e. The number of halogens is 2. The van der Waals surface area contributed by atoms with Crippen molar-refractivity contribution in [3.05, 3.63) is 99.0 Å². The molecule has 1 amide bonds. The lowest BCUT2D eigenvalue weighted by atomic mass is 9.86. The summed E-state index contributed by atoms with van der Waals surface area (Å²) in [7, 11) is 0. The Morgan fingerprint density at radius 3 is 2.51 bits per heavy atom. The van der Waals surface area contributed by atoms with Crippen LogP contribution in [0.1, 0.15) is 40.4 Å². The molecular formula is C28H27Cl2NO4. The molecule has 1 N–H and O–H groups in total. The predicted molar refractivity (Wildman–Crippen MR) is 138 cm³/mol. The Hall–Kier alpha value is -3.02. The van der Waals surface area contributed by atoms with Gasteiger partial charge in [-0.25, -0.2) is 0 Å². The van der Waals surface area contributed by atoms with E-state index in [9.17, 15) is 14.7 Å². The number of carboxylic acid groups (broad SMARTS) is 1. The highest BCUT2D eigenvalue weighted by atomic mass is 35.5. The first-order valence-electron chi connectivity index (χ1n) is 11.5. The van der Waals surface area contributed by atoms with E-state index in [1.165, 1.54) is 4.90 Å². The van der Waals surface area contributed by atoms with Gasteiger partial charge in [-0.15, -0.1) is 0 Å². The minimum atomic E-state index is -1.05. The molecule has 1 unspecified atom stereocenters. The number of aryl methyl sites for hydroxylation is 1. The van der Waals surface area contributed by atoms with Gasteiger partial charge in [-0.1, -0.05) is 53.5 Å². The Morgan fingerprint density at radius 2 is 1.80 bits per heavy atom. The van der Waals surface area contributed by atoms with Gasteiger partial charge in [0.05, 0.1) is 0 Å². The third-order valence-electron chi connectivity index (χ3n) is 6.31. The van der Waals surface area contributed by atoms with Crippen molar-refractivity contribution in [2.75, 3.05) is 13.1 Å². The van der Waals surface area contributed by atoms with Crippen LogP contribution in [0.4, 0.5) is 0 Å². The molecule has 1 atom stereocenters. The van der Waals surface area contributed by atoms with Crippen molar-refractivity contribution < 1.29 is 19.4 Å². The molecule has 0 bridgehead atoms. The van der Waals surface area contributed by atoms with E-state index in [4.69, 9.17) is 27.9 Å². The van der Waals surface area contributed by atoms with Gasteiger partial charge in [-0.05, 0) is 79.3 Å². The summed E-state index contributed by atoms with van der Waals surface area (Å²) in [5.74, 6) is -0.618. The summed E-state index contributed by atoms with van der Waals surface area (Å²) in [6.07, 6.45) is 2.74. The first kappa shape index (κ1) is 25.1. The molecule has 35 heavy (non-hydrogen) atoms. The Kier molecular flexibility index (Phi) is 7.68. The second-order valence-corrected chi connectivity index (χ2v) is 9.98. The number of carbonyl (C=O) groups excluding carboxylic acids is 1. The van der Waals surface area contributed by atoms with Crippen LogP contribution in [-0.2, 0) is 24.1 Å². The average molecular weight is 512 g/mol. The molecule has 5 nitrogen and oxygen atoms in total. The lowest BCUT2D eigenvalue weighted by Gasteiger charge is -2.36. The number of amides is 1. The van der Waals surface area contributed by atoms with Crippen molar-refractivity contribution in [1.29, 1.82) is 0 Å². The van der Waals surface area contributed by atoms with Gasteiger partial charge in [-0.2, -0.15) is 0 Å². The molecule has 1 aliphatic rings. The van der Waals surface area contributed by atoms with E-state index in [1.807, 2.05) is 48.5 Å². The van der Waals surface area contributed by atoms with Gasteiger partial charge in [-0.3, -0.25) is 9.59 Å². The van der Waals surface area contributed by atoms with Crippen molar-refractivity contribution in [2.45, 2.75) is 38.2 Å². The number of aliphatic carboxylic acids is 1. The van der Waals surface area contributed by atoms with Crippen molar-refractivity contribution in [1.82, 2.24) is 4.90 Å². The maximum absolute atomic E-state index is 13.2. The number of ether oxygens (including phenoxy) is 1. The fourth-order valence-electron chi connectivity index (χ4n) is 4.41. The van der Waals surface area contributed by atoms with Gasteiger partial charge in [0.2, 0.25) is 0 Å². The van der Waals surface area contributed by atoms with E-state index < -0.39 is 11.6 Å². The predicted octanol–water partition coefficient (Wildman–Crippen LogP) is 6.09. The molecule has 182 valence electrons. The number of benzene rings is 3. The lowest BCUT2D eigenvalue weighted by molar-refractivity contribution is -0.137. The molecule has 0 saturated carbocycles. The van der Waals surface area contributed by atoms with Crippen LogP contribution in [0, 0.1) is 0 Å². The van der Waals surface area contributed by atoms with Gasteiger partial charge < -0.3 is 14.7 Å². The summed E-state index contributed by atoms with van der Waals surface area (Å²) in [4.78, 5) is 26.0. The molecule has 0 spiro atoms. The van der Waals surface area contributed by atoms with Crippen LogP contribution in [0.25, 0.3) is 0 Å². The Balaban J connectivity index is 1.47. The summed E-state index contributed by atoms with van der Waals surface area (Å²) >= 11 is 12.3. The van der Waals surface area contributed by atoms with E-state index in [0.717, 1.165) is 40.3 Å². The van der Waals surface area contributed by atoms with Crippen LogP contribution in [-0.4, -0.2) is 40.6 Å². The third kappa shape index (κ3) is 6.36. The van der Waals surface area contributed by atoms with Crippen LogP contribution >= 0.6 is 23.2 Å². The molecule has 0 aliphatic carbocycles.